The summed E-state index contributed by atoms with van der Waals surface area (Å²) in [5.41, 5.74) is 3.86. The number of aromatic amines is 1. The molecule has 21 heavy (non-hydrogen) atoms. The molecule has 3 N–H and O–H groups in total. The zero-order valence-electron chi connectivity index (χ0n) is 11.4. The number of hydrogen-bond donors (Lipinski definition) is 3. The molecule has 2 aromatic rings. The van der Waals surface area contributed by atoms with E-state index >= 15 is 0 Å². The quantitative estimate of drug-likeness (QED) is 0.757. The van der Waals surface area contributed by atoms with E-state index in [0.717, 1.165) is 42.0 Å². The van der Waals surface area contributed by atoms with E-state index in [1.54, 1.807) is 0 Å². The van der Waals surface area contributed by atoms with Crippen molar-refractivity contribution in [2.45, 2.75) is 5.92 Å². The van der Waals surface area contributed by atoms with Crippen LogP contribution in [0.25, 0.3) is 11.3 Å². The van der Waals surface area contributed by atoms with Crippen molar-refractivity contribution in [1.82, 2.24) is 15.6 Å². The topological polar surface area (TPSA) is 56.9 Å². The highest BCUT2D eigenvalue weighted by Gasteiger charge is 2.34. The van der Waals surface area contributed by atoms with Crippen LogP contribution in [0.1, 0.15) is 21.8 Å². The summed E-state index contributed by atoms with van der Waals surface area (Å²) in [5, 5.41) is 7.06. The molecule has 1 aromatic heterocycles. The number of hydrogen-bond acceptors (Lipinski definition) is 2. The van der Waals surface area contributed by atoms with Crippen molar-refractivity contribution in [3.63, 3.8) is 0 Å². The predicted molar refractivity (Wildman–Crippen MR) is 82.7 cm³/mol. The van der Waals surface area contributed by atoms with Gasteiger partial charge in [0.2, 0.25) is 0 Å². The van der Waals surface area contributed by atoms with Crippen molar-refractivity contribution < 1.29 is 4.79 Å². The number of benzene rings is 1. The fourth-order valence-electron chi connectivity index (χ4n) is 3.41. The van der Waals surface area contributed by atoms with Gasteiger partial charge in [-0.1, -0.05) is 23.7 Å². The third kappa shape index (κ3) is 2.15. The van der Waals surface area contributed by atoms with E-state index in [4.69, 9.17) is 11.6 Å². The molecule has 0 radical (unpaired) electrons. The van der Waals surface area contributed by atoms with E-state index in [1.807, 2.05) is 18.2 Å². The molecule has 2 unspecified atom stereocenters. The summed E-state index contributed by atoms with van der Waals surface area (Å²) < 4.78 is 0. The van der Waals surface area contributed by atoms with E-state index in [-0.39, 0.29) is 5.91 Å². The van der Waals surface area contributed by atoms with Crippen LogP contribution in [0, 0.1) is 5.92 Å². The standard InChI is InChI=1S/C16H16ClN3O/c17-15-4-3-14(20-15)9-1-2-11-12(5-9)16(21)19-7-10-6-18-8-13(10)11/h1-5,10,13,18,20H,6-8H2,(H,19,21). The largest absolute Gasteiger partial charge is 0.352 e. The first-order valence-corrected chi connectivity index (χ1v) is 7.58. The van der Waals surface area contributed by atoms with Gasteiger partial charge < -0.3 is 15.6 Å². The van der Waals surface area contributed by atoms with Crippen molar-refractivity contribution in [3.8, 4) is 11.3 Å². The molecular formula is C16H16ClN3O. The van der Waals surface area contributed by atoms with Crippen molar-refractivity contribution in [1.29, 1.82) is 0 Å². The average molecular weight is 302 g/mol. The molecule has 1 aromatic carbocycles. The third-order valence-electron chi connectivity index (χ3n) is 4.52. The van der Waals surface area contributed by atoms with Crippen molar-refractivity contribution in [2.24, 2.45) is 5.92 Å². The Morgan fingerprint density at radius 1 is 1.10 bits per heavy atom. The number of H-pyrrole nitrogens is 1. The van der Waals surface area contributed by atoms with Crippen LogP contribution in [0.15, 0.2) is 30.3 Å². The number of aromatic nitrogens is 1. The van der Waals surface area contributed by atoms with Gasteiger partial charge in [0, 0.05) is 36.8 Å². The Labute approximate surface area is 127 Å². The van der Waals surface area contributed by atoms with Crippen LogP contribution in [0.2, 0.25) is 5.15 Å². The van der Waals surface area contributed by atoms with E-state index in [0.29, 0.717) is 17.0 Å². The lowest BCUT2D eigenvalue weighted by Gasteiger charge is -2.16. The molecule has 108 valence electrons. The van der Waals surface area contributed by atoms with Crippen LogP contribution >= 0.6 is 11.6 Å². The van der Waals surface area contributed by atoms with Crippen LogP contribution in [0.4, 0.5) is 0 Å². The van der Waals surface area contributed by atoms with Gasteiger partial charge in [0.1, 0.15) is 5.15 Å². The fraction of sp³-hybridized carbons (Fsp3) is 0.312. The minimum atomic E-state index is 0.0268. The summed E-state index contributed by atoms with van der Waals surface area (Å²) in [4.78, 5) is 15.5. The maximum Gasteiger partial charge on any atom is 0.251 e. The molecule has 3 heterocycles. The lowest BCUT2D eigenvalue weighted by Crippen LogP contribution is -2.28. The highest BCUT2D eigenvalue weighted by Crippen LogP contribution is 2.34. The third-order valence-corrected chi connectivity index (χ3v) is 4.74. The van der Waals surface area contributed by atoms with Gasteiger partial charge in [-0.25, -0.2) is 0 Å². The predicted octanol–water partition coefficient (Wildman–Crippen LogP) is 2.38. The summed E-state index contributed by atoms with van der Waals surface area (Å²) >= 11 is 5.94. The van der Waals surface area contributed by atoms with E-state index in [9.17, 15) is 4.79 Å². The number of amides is 1. The molecule has 4 rings (SSSR count). The number of nitrogens with one attached hydrogen (secondary N) is 3. The van der Waals surface area contributed by atoms with Gasteiger partial charge in [0.15, 0.2) is 0 Å². The van der Waals surface area contributed by atoms with Crippen LogP contribution in [-0.4, -0.2) is 30.5 Å². The molecule has 5 heteroatoms. The van der Waals surface area contributed by atoms with Crippen LogP contribution in [-0.2, 0) is 0 Å². The van der Waals surface area contributed by atoms with Gasteiger partial charge >= 0.3 is 0 Å². The molecular weight excluding hydrogens is 286 g/mol. The normalized spacial score (nSPS) is 24.1. The van der Waals surface area contributed by atoms with E-state index < -0.39 is 0 Å². The molecule has 1 amide bonds. The first-order chi connectivity index (χ1) is 10.2. The Morgan fingerprint density at radius 3 is 2.81 bits per heavy atom. The summed E-state index contributed by atoms with van der Waals surface area (Å²) in [6, 6.07) is 9.87. The van der Waals surface area contributed by atoms with Crippen LogP contribution < -0.4 is 10.6 Å². The van der Waals surface area contributed by atoms with Crippen LogP contribution in [0.5, 0.6) is 0 Å². The van der Waals surface area contributed by atoms with E-state index in [1.165, 1.54) is 0 Å². The van der Waals surface area contributed by atoms with Gasteiger partial charge in [-0.3, -0.25) is 4.79 Å². The molecule has 2 atom stereocenters. The molecule has 2 aliphatic rings. The van der Waals surface area contributed by atoms with Gasteiger partial charge in [-0.2, -0.15) is 0 Å². The Hall–Kier alpha value is -1.78. The van der Waals surface area contributed by atoms with Crippen molar-refractivity contribution in [2.75, 3.05) is 19.6 Å². The zero-order chi connectivity index (χ0) is 14.4. The molecule has 0 bridgehead atoms. The Morgan fingerprint density at radius 2 is 2.00 bits per heavy atom. The first-order valence-electron chi connectivity index (χ1n) is 7.20. The Bertz CT molecular complexity index is 709. The molecule has 0 spiro atoms. The smallest absolute Gasteiger partial charge is 0.251 e. The molecule has 0 aliphatic carbocycles. The highest BCUT2D eigenvalue weighted by molar-refractivity contribution is 6.29. The van der Waals surface area contributed by atoms with Gasteiger partial charge in [0.25, 0.3) is 5.91 Å². The number of fused-ring (bicyclic) bond motifs is 3. The van der Waals surface area contributed by atoms with Crippen LogP contribution in [0.3, 0.4) is 0 Å². The minimum Gasteiger partial charge on any atom is -0.352 e. The summed E-state index contributed by atoms with van der Waals surface area (Å²) in [6.07, 6.45) is 0. The molecule has 1 fully saturated rings. The van der Waals surface area contributed by atoms with Crippen molar-refractivity contribution in [3.05, 3.63) is 46.6 Å². The summed E-state index contributed by atoms with van der Waals surface area (Å²) in [5.74, 6) is 0.931. The average Bonchev–Trinajstić information content (AvgIpc) is 3.10. The summed E-state index contributed by atoms with van der Waals surface area (Å²) in [7, 11) is 0. The maximum absolute atomic E-state index is 12.4. The van der Waals surface area contributed by atoms with E-state index in [2.05, 4.69) is 27.8 Å². The van der Waals surface area contributed by atoms with Crippen molar-refractivity contribution >= 4 is 17.5 Å². The lowest BCUT2D eigenvalue weighted by atomic mass is 9.86. The fourth-order valence-corrected chi connectivity index (χ4v) is 3.58. The zero-order valence-corrected chi connectivity index (χ0v) is 12.2. The molecule has 2 aliphatic heterocycles. The highest BCUT2D eigenvalue weighted by atomic mass is 35.5. The summed E-state index contributed by atoms with van der Waals surface area (Å²) in [6.45, 7) is 2.66. The Balaban J connectivity index is 1.81. The second-order valence-electron chi connectivity index (χ2n) is 5.76. The SMILES string of the molecule is O=C1NCC2CNCC2c2ccc(-c3ccc(Cl)[nH]3)cc21. The first kappa shape index (κ1) is 12.9. The number of rotatable bonds is 1. The monoisotopic (exact) mass is 301 g/mol. The molecule has 4 nitrogen and oxygen atoms in total. The second-order valence-corrected chi connectivity index (χ2v) is 6.16. The number of carbonyl (C=O) groups is 1. The Kier molecular flexibility index (Phi) is 3.01. The van der Waals surface area contributed by atoms with Gasteiger partial charge in [-0.05, 0) is 35.2 Å². The second kappa shape index (κ2) is 4.90. The number of halogens is 1. The molecule has 0 saturated carbocycles. The minimum absolute atomic E-state index is 0.0268. The van der Waals surface area contributed by atoms with Gasteiger partial charge in [-0.15, -0.1) is 0 Å². The van der Waals surface area contributed by atoms with Gasteiger partial charge in [0.05, 0.1) is 0 Å². The maximum atomic E-state index is 12.4. The number of carbonyl (C=O) groups excluding carboxylic acids is 1. The lowest BCUT2D eigenvalue weighted by molar-refractivity contribution is 0.0952. The molecule has 1 saturated heterocycles.